The Morgan fingerprint density at radius 2 is 1.55 bits per heavy atom. The Hall–Kier alpha value is -4.77. The minimum absolute atomic E-state index is 0.306. The van der Waals surface area contributed by atoms with Crippen LogP contribution in [-0.2, 0) is 13.0 Å². The van der Waals surface area contributed by atoms with E-state index in [1.165, 1.54) is 0 Å². The van der Waals surface area contributed by atoms with Gasteiger partial charge in [0.1, 0.15) is 5.82 Å². The summed E-state index contributed by atoms with van der Waals surface area (Å²) in [6, 6.07) is 34.0. The minimum atomic E-state index is -0.921. The van der Waals surface area contributed by atoms with E-state index < -0.39 is 5.97 Å². The van der Waals surface area contributed by atoms with E-state index in [0.717, 1.165) is 68.6 Å². The molecule has 2 heterocycles. The van der Waals surface area contributed by atoms with Gasteiger partial charge in [-0.25, -0.2) is 14.8 Å². The van der Waals surface area contributed by atoms with Gasteiger partial charge in [-0.05, 0) is 53.4 Å². The Morgan fingerprint density at radius 1 is 0.789 bits per heavy atom. The molecule has 0 spiro atoms. The summed E-state index contributed by atoms with van der Waals surface area (Å²) in [5, 5.41) is 10.7. The molecule has 5 heteroatoms. The molecule has 0 aliphatic carbocycles. The average Bonchev–Trinajstić information content (AvgIpc) is 3.29. The second-order valence-electron chi connectivity index (χ2n) is 9.50. The molecule has 1 N–H and O–H groups in total. The third-order valence-electron chi connectivity index (χ3n) is 6.96. The minimum Gasteiger partial charge on any atom is -0.478 e. The molecule has 4 aromatic carbocycles. The third-order valence-corrected chi connectivity index (χ3v) is 6.96. The monoisotopic (exact) mass is 497 g/mol. The van der Waals surface area contributed by atoms with Crippen LogP contribution >= 0.6 is 0 Å². The molecule has 6 rings (SSSR count). The van der Waals surface area contributed by atoms with Crippen molar-refractivity contribution in [1.29, 1.82) is 0 Å². The molecule has 5 nitrogen and oxygen atoms in total. The Labute approximate surface area is 221 Å². The molecule has 0 saturated carbocycles. The van der Waals surface area contributed by atoms with E-state index >= 15 is 0 Å². The van der Waals surface area contributed by atoms with Crippen molar-refractivity contribution in [3.8, 4) is 22.4 Å². The third kappa shape index (κ3) is 4.43. The zero-order valence-electron chi connectivity index (χ0n) is 21.1. The highest BCUT2D eigenvalue weighted by atomic mass is 16.4. The second kappa shape index (κ2) is 9.94. The van der Waals surface area contributed by atoms with E-state index in [4.69, 9.17) is 9.97 Å². The Kier molecular flexibility index (Phi) is 6.18. The summed E-state index contributed by atoms with van der Waals surface area (Å²) in [6.45, 7) is 2.85. The first-order valence-corrected chi connectivity index (χ1v) is 12.9. The van der Waals surface area contributed by atoms with Gasteiger partial charge in [0.15, 0.2) is 0 Å². The number of para-hydroxylation sites is 1. The molecular weight excluding hydrogens is 470 g/mol. The van der Waals surface area contributed by atoms with Gasteiger partial charge in [0.2, 0.25) is 0 Å². The molecule has 0 radical (unpaired) electrons. The molecule has 0 aliphatic rings. The highest BCUT2D eigenvalue weighted by Crippen LogP contribution is 2.28. The molecule has 0 aliphatic heterocycles. The number of carboxylic acids is 1. The largest absolute Gasteiger partial charge is 0.478 e. The number of rotatable bonds is 7. The Morgan fingerprint density at radius 3 is 2.37 bits per heavy atom. The molecule has 186 valence electrons. The smallest absolute Gasteiger partial charge is 0.336 e. The van der Waals surface area contributed by atoms with Crippen LogP contribution < -0.4 is 0 Å². The summed E-state index contributed by atoms with van der Waals surface area (Å²) in [6.07, 6.45) is 1.90. The maximum atomic E-state index is 11.7. The predicted octanol–water partition coefficient (Wildman–Crippen LogP) is 7.62. The van der Waals surface area contributed by atoms with E-state index in [1.807, 2.05) is 42.5 Å². The summed E-state index contributed by atoms with van der Waals surface area (Å²) in [4.78, 5) is 21.5. The molecule has 0 unspecified atom stereocenters. The van der Waals surface area contributed by atoms with Crippen LogP contribution in [0.15, 0.2) is 103 Å². The summed E-state index contributed by atoms with van der Waals surface area (Å²) in [7, 11) is 0. The van der Waals surface area contributed by atoms with Crippen LogP contribution in [0.25, 0.3) is 44.3 Å². The fourth-order valence-corrected chi connectivity index (χ4v) is 5.04. The number of hydrogen-bond acceptors (Lipinski definition) is 3. The fourth-order valence-electron chi connectivity index (χ4n) is 5.04. The number of pyridine rings is 1. The van der Waals surface area contributed by atoms with Gasteiger partial charge in [0.25, 0.3) is 0 Å². The molecule has 0 amide bonds. The quantitative estimate of drug-likeness (QED) is 0.246. The maximum Gasteiger partial charge on any atom is 0.336 e. The summed E-state index contributed by atoms with van der Waals surface area (Å²) < 4.78 is 2.30. The van der Waals surface area contributed by atoms with Gasteiger partial charge in [0, 0.05) is 23.9 Å². The predicted molar refractivity (Wildman–Crippen MR) is 152 cm³/mol. The average molecular weight is 498 g/mol. The van der Waals surface area contributed by atoms with Gasteiger partial charge < -0.3 is 9.67 Å². The Balaban J connectivity index is 1.37. The van der Waals surface area contributed by atoms with Gasteiger partial charge in [0.05, 0.1) is 27.8 Å². The van der Waals surface area contributed by atoms with E-state index in [9.17, 15) is 9.90 Å². The van der Waals surface area contributed by atoms with E-state index in [1.54, 1.807) is 12.1 Å². The van der Waals surface area contributed by atoms with Crippen molar-refractivity contribution in [2.45, 2.75) is 26.3 Å². The zero-order chi connectivity index (χ0) is 26.1. The fraction of sp³-hybridized carbons (Fsp3) is 0.121. The second-order valence-corrected chi connectivity index (χ2v) is 9.50. The number of benzene rings is 4. The van der Waals surface area contributed by atoms with E-state index in [-0.39, 0.29) is 0 Å². The number of aryl methyl sites for hydroxylation is 1. The number of carbonyl (C=O) groups is 1. The topological polar surface area (TPSA) is 68.0 Å². The van der Waals surface area contributed by atoms with Crippen molar-refractivity contribution in [2.75, 3.05) is 0 Å². The lowest BCUT2D eigenvalue weighted by Crippen LogP contribution is -2.05. The maximum absolute atomic E-state index is 11.7. The van der Waals surface area contributed by atoms with Crippen LogP contribution in [0.3, 0.4) is 0 Å². The Bertz CT molecular complexity index is 1780. The van der Waals surface area contributed by atoms with Crippen molar-refractivity contribution in [3.05, 3.63) is 120 Å². The van der Waals surface area contributed by atoms with Crippen molar-refractivity contribution in [1.82, 2.24) is 14.5 Å². The normalized spacial score (nSPS) is 11.3. The molecule has 0 bridgehead atoms. The molecular formula is C33H27N3O2. The number of carboxylic acid groups (broad SMARTS) is 1. The van der Waals surface area contributed by atoms with Crippen molar-refractivity contribution in [2.24, 2.45) is 0 Å². The van der Waals surface area contributed by atoms with Gasteiger partial charge in [-0.2, -0.15) is 0 Å². The SMILES string of the molecule is CCCc1nc2ccc(-c3ccc4ccccc4n3)cc2n1Cc1ccc(-c2ccccc2C(=O)O)cc1. The van der Waals surface area contributed by atoms with Crippen molar-refractivity contribution in [3.63, 3.8) is 0 Å². The molecule has 0 atom stereocenters. The number of hydrogen-bond donors (Lipinski definition) is 1. The molecule has 2 aromatic heterocycles. The van der Waals surface area contributed by atoms with Gasteiger partial charge in [-0.15, -0.1) is 0 Å². The van der Waals surface area contributed by atoms with Crippen LogP contribution in [0.1, 0.15) is 35.1 Å². The van der Waals surface area contributed by atoms with E-state index in [2.05, 4.69) is 60.0 Å². The summed E-state index contributed by atoms with van der Waals surface area (Å²) in [5.41, 5.74) is 8.10. The summed E-state index contributed by atoms with van der Waals surface area (Å²) >= 11 is 0. The lowest BCUT2D eigenvalue weighted by molar-refractivity contribution is 0.0697. The van der Waals surface area contributed by atoms with Crippen molar-refractivity contribution < 1.29 is 9.90 Å². The first kappa shape index (κ1) is 23.6. The van der Waals surface area contributed by atoms with Gasteiger partial charge >= 0.3 is 5.97 Å². The number of fused-ring (bicyclic) bond motifs is 2. The highest BCUT2D eigenvalue weighted by molar-refractivity contribution is 5.96. The van der Waals surface area contributed by atoms with Gasteiger partial charge in [-0.3, -0.25) is 0 Å². The standard InChI is InChI=1S/C33H27N3O2/c1-2-7-32-35-30-19-17-25(29-18-16-24-8-3-6-11-28(24)34-29)20-31(30)36(32)21-22-12-14-23(15-13-22)26-9-4-5-10-27(26)33(37)38/h3-6,8-20H,2,7,21H2,1H3,(H,37,38). The van der Waals surface area contributed by atoms with Crippen LogP contribution in [0, 0.1) is 0 Å². The zero-order valence-corrected chi connectivity index (χ0v) is 21.1. The molecule has 38 heavy (non-hydrogen) atoms. The number of aromatic carboxylic acids is 1. The number of nitrogens with zero attached hydrogens (tertiary/aromatic N) is 3. The van der Waals surface area contributed by atoms with Crippen LogP contribution in [0.2, 0.25) is 0 Å². The molecule has 6 aromatic rings. The first-order chi connectivity index (χ1) is 18.6. The highest BCUT2D eigenvalue weighted by Gasteiger charge is 2.14. The van der Waals surface area contributed by atoms with Crippen LogP contribution in [0.4, 0.5) is 0 Å². The molecule has 0 fully saturated rings. The number of aromatic nitrogens is 3. The van der Waals surface area contributed by atoms with Crippen LogP contribution in [0.5, 0.6) is 0 Å². The van der Waals surface area contributed by atoms with E-state index in [0.29, 0.717) is 12.1 Å². The summed E-state index contributed by atoms with van der Waals surface area (Å²) in [5.74, 6) is 0.141. The molecule has 0 saturated heterocycles. The first-order valence-electron chi connectivity index (χ1n) is 12.9. The lowest BCUT2D eigenvalue weighted by Gasteiger charge is -2.11. The number of imidazole rings is 1. The van der Waals surface area contributed by atoms with Crippen LogP contribution in [-0.4, -0.2) is 25.6 Å². The van der Waals surface area contributed by atoms with Crippen molar-refractivity contribution >= 4 is 27.9 Å². The van der Waals surface area contributed by atoms with Gasteiger partial charge in [-0.1, -0.05) is 79.7 Å². The lowest BCUT2D eigenvalue weighted by atomic mass is 9.98.